The zero-order valence-corrected chi connectivity index (χ0v) is 12.3. The van der Waals surface area contributed by atoms with Gasteiger partial charge in [0.2, 0.25) is 0 Å². The molecule has 0 spiro atoms. The van der Waals surface area contributed by atoms with Crippen LogP contribution in [0.2, 0.25) is 0 Å². The first-order valence-corrected chi connectivity index (χ1v) is 7.47. The molecule has 0 amide bonds. The van der Waals surface area contributed by atoms with Gasteiger partial charge in [-0.1, -0.05) is 49.8 Å². The fourth-order valence-corrected chi connectivity index (χ4v) is 2.72. The van der Waals surface area contributed by atoms with Crippen LogP contribution in [0.25, 0.3) is 5.70 Å². The predicted molar refractivity (Wildman–Crippen MR) is 82.9 cm³/mol. The number of likely N-dealkylation sites (tertiary alicyclic amines) is 1. The maximum absolute atomic E-state index is 4.20. The lowest BCUT2D eigenvalue weighted by molar-refractivity contribution is 0.146. The number of nitrogens with zero attached hydrogens (tertiary/aromatic N) is 1. The van der Waals surface area contributed by atoms with Crippen molar-refractivity contribution in [1.29, 1.82) is 0 Å². The van der Waals surface area contributed by atoms with E-state index in [9.17, 15) is 0 Å². The van der Waals surface area contributed by atoms with Gasteiger partial charge in [0.15, 0.2) is 0 Å². The average molecular weight is 258 g/mol. The quantitative estimate of drug-likeness (QED) is 0.864. The summed E-state index contributed by atoms with van der Waals surface area (Å²) in [7, 11) is 0. The Kier molecular flexibility index (Phi) is 5.03. The van der Waals surface area contributed by atoms with Crippen LogP contribution in [0.4, 0.5) is 0 Å². The van der Waals surface area contributed by atoms with Gasteiger partial charge in [-0.15, -0.1) is 0 Å². The number of benzene rings is 1. The van der Waals surface area contributed by atoms with Crippen molar-refractivity contribution in [1.82, 2.24) is 10.2 Å². The van der Waals surface area contributed by atoms with Gasteiger partial charge in [-0.05, 0) is 31.7 Å². The molecular formula is C17H26N2. The summed E-state index contributed by atoms with van der Waals surface area (Å²) in [5.74, 6) is 0. The van der Waals surface area contributed by atoms with Crippen molar-refractivity contribution >= 4 is 5.70 Å². The van der Waals surface area contributed by atoms with Gasteiger partial charge < -0.3 is 5.32 Å². The largest absolute Gasteiger partial charge is 0.370 e. The molecule has 0 aromatic heterocycles. The van der Waals surface area contributed by atoms with Crippen LogP contribution in [0.5, 0.6) is 0 Å². The normalized spacial score (nSPS) is 18.0. The first kappa shape index (κ1) is 14.1. The first-order chi connectivity index (χ1) is 9.20. The van der Waals surface area contributed by atoms with E-state index in [2.05, 4.69) is 54.9 Å². The summed E-state index contributed by atoms with van der Waals surface area (Å²) in [6, 6.07) is 8.58. The summed E-state index contributed by atoms with van der Waals surface area (Å²) in [6.07, 6.45) is 5.58. The van der Waals surface area contributed by atoms with Crippen molar-refractivity contribution in [3.63, 3.8) is 0 Å². The molecule has 1 fully saturated rings. The molecule has 1 aromatic rings. The van der Waals surface area contributed by atoms with Crippen molar-refractivity contribution < 1.29 is 0 Å². The lowest BCUT2D eigenvalue weighted by Gasteiger charge is -2.35. The lowest BCUT2D eigenvalue weighted by Crippen LogP contribution is -2.46. The van der Waals surface area contributed by atoms with Gasteiger partial charge in [-0.2, -0.15) is 0 Å². The molecular weight excluding hydrogens is 232 g/mol. The molecule has 1 atom stereocenters. The van der Waals surface area contributed by atoms with Crippen LogP contribution in [0.1, 0.15) is 43.7 Å². The number of nitrogens with one attached hydrogen (secondary N) is 1. The van der Waals surface area contributed by atoms with E-state index in [4.69, 9.17) is 0 Å². The zero-order valence-electron chi connectivity index (χ0n) is 12.3. The number of piperidine rings is 1. The molecule has 0 bridgehead atoms. The molecule has 1 saturated heterocycles. The van der Waals surface area contributed by atoms with Crippen LogP contribution in [-0.2, 0) is 0 Å². The van der Waals surface area contributed by atoms with Gasteiger partial charge in [0.25, 0.3) is 0 Å². The van der Waals surface area contributed by atoms with E-state index in [0.717, 1.165) is 12.1 Å². The van der Waals surface area contributed by atoms with Crippen LogP contribution in [0.15, 0.2) is 30.8 Å². The third kappa shape index (κ3) is 3.84. The van der Waals surface area contributed by atoms with Crippen LogP contribution >= 0.6 is 0 Å². The van der Waals surface area contributed by atoms with Gasteiger partial charge in [0.1, 0.15) is 0 Å². The molecule has 1 unspecified atom stereocenters. The molecule has 2 rings (SSSR count). The Bertz CT molecular complexity index is 402. The summed E-state index contributed by atoms with van der Waals surface area (Å²) < 4.78 is 0. The highest BCUT2D eigenvalue weighted by Gasteiger charge is 2.19. The minimum absolute atomic E-state index is 0.425. The summed E-state index contributed by atoms with van der Waals surface area (Å²) in [4.78, 5) is 2.56. The smallest absolute Gasteiger partial charge is 0.0790 e. The second-order valence-corrected chi connectivity index (χ2v) is 5.51. The maximum Gasteiger partial charge on any atom is 0.0790 e. The fourth-order valence-electron chi connectivity index (χ4n) is 2.72. The molecule has 2 nitrogen and oxygen atoms in total. The molecule has 19 heavy (non-hydrogen) atoms. The molecule has 1 heterocycles. The topological polar surface area (TPSA) is 15.3 Å². The Labute approximate surface area is 117 Å². The molecule has 1 aromatic carbocycles. The predicted octanol–water partition coefficient (Wildman–Crippen LogP) is 3.78. The van der Waals surface area contributed by atoms with Crippen LogP contribution < -0.4 is 5.32 Å². The number of hydrogen-bond donors (Lipinski definition) is 1. The molecule has 1 aliphatic heterocycles. The maximum atomic E-state index is 4.20. The highest BCUT2D eigenvalue weighted by Crippen LogP contribution is 2.17. The third-order valence-electron chi connectivity index (χ3n) is 3.96. The second kappa shape index (κ2) is 6.76. The first-order valence-electron chi connectivity index (χ1n) is 7.47. The Hall–Kier alpha value is -1.28. The van der Waals surface area contributed by atoms with Crippen molar-refractivity contribution in [2.45, 2.75) is 45.7 Å². The van der Waals surface area contributed by atoms with Gasteiger partial charge in [-0.25, -0.2) is 0 Å². The Morgan fingerprint density at radius 1 is 1.21 bits per heavy atom. The Morgan fingerprint density at radius 2 is 1.84 bits per heavy atom. The summed E-state index contributed by atoms with van der Waals surface area (Å²) >= 11 is 0. The van der Waals surface area contributed by atoms with Crippen LogP contribution in [-0.4, -0.2) is 24.2 Å². The van der Waals surface area contributed by atoms with E-state index in [0.29, 0.717) is 6.17 Å². The second-order valence-electron chi connectivity index (χ2n) is 5.51. The molecule has 0 saturated carbocycles. The molecule has 1 aliphatic rings. The highest BCUT2D eigenvalue weighted by molar-refractivity contribution is 5.61. The highest BCUT2D eigenvalue weighted by atomic mass is 15.3. The van der Waals surface area contributed by atoms with Gasteiger partial charge in [-0.3, -0.25) is 4.90 Å². The van der Waals surface area contributed by atoms with E-state index in [-0.39, 0.29) is 0 Å². The Balaban J connectivity index is 1.97. The van der Waals surface area contributed by atoms with Crippen LogP contribution in [0, 0.1) is 6.92 Å². The third-order valence-corrected chi connectivity index (χ3v) is 3.96. The van der Waals surface area contributed by atoms with E-state index in [1.54, 1.807) is 0 Å². The zero-order chi connectivity index (χ0) is 13.7. The molecule has 2 heteroatoms. The number of rotatable bonds is 5. The van der Waals surface area contributed by atoms with Crippen LogP contribution in [0.3, 0.4) is 0 Å². The number of aryl methyl sites for hydroxylation is 1. The Morgan fingerprint density at radius 3 is 2.42 bits per heavy atom. The average Bonchev–Trinajstić information content (AvgIpc) is 2.46. The van der Waals surface area contributed by atoms with E-state index >= 15 is 0 Å². The van der Waals surface area contributed by atoms with Gasteiger partial charge in [0, 0.05) is 18.8 Å². The van der Waals surface area contributed by atoms with Crippen molar-refractivity contribution in [3.8, 4) is 0 Å². The summed E-state index contributed by atoms with van der Waals surface area (Å²) in [6.45, 7) is 11.0. The fraction of sp³-hybridized carbons (Fsp3) is 0.529. The van der Waals surface area contributed by atoms with E-state index in [1.807, 2.05) is 0 Å². The standard InChI is InChI=1S/C17H26N2/c1-4-17(19-12-6-5-7-13-19)18-15(3)16-10-8-14(2)9-11-16/h8-11,17-18H,3-7,12-13H2,1-2H3. The van der Waals surface area contributed by atoms with Crippen molar-refractivity contribution in [2.24, 2.45) is 0 Å². The minimum Gasteiger partial charge on any atom is -0.370 e. The van der Waals surface area contributed by atoms with E-state index < -0.39 is 0 Å². The van der Waals surface area contributed by atoms with Crippen molar-refractivity contribution in [3.05, 3.63) is 42.0 Å². The van der Waals surface area contributed by atoms with Gasteiger partial charge >= 0.3 is 0 Å². The summed E-state index contributed by atoms with van der Waals surface area (Å²) in [5.41, 5.74) is 3.53. The minimum atomic E-state index is 0.425. The molecule has 1 N–H and O–H groups in total. The molecule has 0 radical (unpaired) electrons. The van der Waals surface area contributed by atoms with Crippen molar-refractivity contribution in [2.75, 3.05) is 13.1 Å². The van der Waals surface area contributed by atoms with Gasteiger partial charge in [0.05, 0.1) is 6.17 Å². The molecule has 104 valence electrons. The summed E-state index contributed by atoms with van der Waals surface area (Å²) in [5, 5.41) is 3.60. The monoisotopic (exact) mass is 258 g/mol. The molecule has 0 aliphatic carbocycles. The SMILES string of the molecule is C=C(NC(CC)N1CCCCC1)c1ccc(C)cc1. The number of hydrogen-bond acceptors (Lipinski definition) is 2. The lowest BCUT2D eigenvalue weighted by atomic mass is 10.1. The van der Waals surface area contributed by atoms with E-state index in [1.165, 1.54) is 43.5 Å².